The zero-order valence-electron chi connectivity index (χ0n) is 7.95. The third kappa shape index (κ3) is 1.45. The molecule has 0 aromatic heterocycles. The van der Waals surface area contributed by atoms with Crippen molar-refractivity contribution in [1.29, 1.82) is 0 Å². The van der Waals surface area contributed by atoms with Gasteiger partial charge in [0.1, 0.15) is 6.29 Å². The van der Waals surface area contributed by atoms with Gasteiger partial charge in [0.2, 0.25) is 0 Å². The van der Waals surface area contributed by atoms with Gasteiger partial charge in [-0.05, 0) is 30.2 Å². The largest absolute Gasteiger partial charge is 0.298 e. The molecule has 1 nitrogen and oxygen atoms in total. The Bertz CT molecular complexity index is 333. The summed E-state index contributed by atoms with van der Waals surface area (Å²) in [5.74, 6) is 0.400. The lowest BCUT2D eigenvalue weighted by Gasteiger charge is -2.35. The Morgan fingerprint density at radius 3 is 2.71 bits per heavy atom. The van der Waals surface area contributed by atoms with Crippen molar-refractivity contribution in [3.63, 3.8) is 0 Å². The molecule has 2 heteroatoms. The van der Waals surface area contributed by atoms with Crippen LogP contribution in [-0.2, 0) is 0 Å². The summed E-state index contributed by atoms with van der Waals surface area (Å²) in [4.78, 5) is 10.8. The van der Waals surface area contributed by atoms with Gasteiger partial charge in [0.05, 0.1) is 6.67 Å². The highest BCUT2D eigenvalue weighted by Gasteiger charge is 2.32. The Kier molecular flexibility index (Phi) is 2.62. The van der Waals surface area contributed by atoms with Gasteiger partial charge in [-0.2, -0.15) is 0 Å². The van der Waals surface area contributed by atoms with Gasteiger partial charge in [0, 0.05) is 5.56 Å². The second kappa shape index (κ2) is 3.91. The van der Waals surface area contributed by atoms with Gasteiger partial charge in [-0.15, -0.1) is 0 Å². The first-order valence-corrected chi connectivity index (χ1v) is 4.97. The number of halogens is 1. The Morgan fingerprint density at radius 1 is 1.36 bits per heavy atom. The summed E-state index contributed by atoms with van der Waals surface area (Å²) in [5.41, 5.74) is 1.74. The number of hydrogen-bond acceptors (Lipinski definition) is 1. The molecule has 1 aromatic rings. The van der Waals surface area contributed by atoms with Crippen molar-refractivity contribution in [2.24, 2.45) is 5.92 Å². The molecule has 0 N–H and O–H groups in total. The van der Waals surface area contributed by atoms with Crippen LogP contribution in [0.15, 0.2) is 24.3 Å². The summed E-state index contributed by atoms with van der Waals surface area (Å²) >= 11 is 0. The van der Waals surface area contributed by atoms with Crippen LogP contribution >= 0.6 is 0 Å². The molecule has 0 heterocycles. The molecule has 1 saturated carbocycles. The number of aldehydes is 1. The van der Waals surface area contributed by atoms with E-state index >= 15 is 0 Å². The summed E-state index contributed by atoms with van der Waals surface area (Å²) in [7, 11) is 0. The van der Waals surface area contributed by atoms with Crippen LogP contribution in [0.1, 0.15) is 34.7 Å². The topological polar surface area (TPSA) is 17.1 Å². The standard InChI is InChI=1S/C12H13FO/c13-7-9-5-6-12(9)11-4-2-1-3-10(11)8-14/h1-4,8-9,12H,5-7H2. The second-order valence-corrected chi connectivity index (χ2v) is 3.84. The molecule has 1 fully saturated rings. The molecule has 0 amide bonds. The van der Waals surface area contributed by atoms with E-state index in [0.717, 1.165) is 30.3 Å². The maximum atomic E-state index is 12.5. The highest BCUT2D eigenvalue weighted by molar-refractivity contribution is 5.77. The van der Waals surface area contributed by atoms with E-state index in [1.165, 1.54) is 0 Å². The fourth-order valence-corrected chi connectivity index (χ4v) is 2.12. The fraction of sp³-hybridized carbons (Fsp3) is 0.417. The number of rotatable bonds is 3. The van der Waals surface area contributed by atoms with Crippen molar-refractivity contribution in [3.8, 4) is 0 Å². The molecule has 0 spiro atoms. The number of carbonyl (C=O) groups excluding carboxylic acids is 1. The minimum atomic E-state index is -0.266. The number of carbonyl (C=O) groups is 1. The first-order valence-electron chi connectivity index (χ1n) is 4.97. The van der Waals surface area contributed by atoms with Gasteiger partial charge in [0.25, 0.3) is 0 Å². The van der Waals surface area contributed by atoms with E-state index in [-0.39, 0.29) is 18.5 Å². The molecule has 0 bridgehead atoms. The maximum absolute atomic E-state index is 12.5. The van der Waals surface area contributed by atoms with Gasteiger partial charge in [-0.3, -0.25) is 9.18 Å². The van der Waals surface area contributed by atoms with E-state index in [0.29, 0.717) is 0 Å². The number of benzene rings is 1. The van der Waals surface area contributed by atoms with Crippen molar-refractivity contribution < 1.29 is 9.18 Å². The predicted molar refractivity (Wildman–Crippen MR) is 53.3 cm³/mol. The SMILES string of the molecule is O=Cc1ccccc1C1CCC1CF. The second-order valence-electron chi connectivity index (χ2n) is 3.84. The zero-order valence-corrected chi connectivity index (χ0v) is 7.95. The average Bonchev–Trinajstić information content (AvgIpc) is 2.18. The van der Waals surface area contributed by atoms with Gasteiger partial charge in [-0.25, -0.2) is 0 Å². The van der Waals surface area contributed by atoms with Crippen molar-refractivity contribution in [2.75, 3.05) is 6.67 Å². The van der Waals surface area contributed by atoms with E-state index in [1.54, 1.807) is 6.07 Å². The van der Waals surface area contributed by atoms with Crippen LogP contribution in [0.25, 0.3) is 0 Å². The van der Waals surface area contributed by atoms with E-state index in [2.05, 4.69) is 0 Å². The molecule has 14 heavy (non-hydrogen) atoms. The molecule has 74 valence electrons. The van der Waals surface area contributed by atoms with Crippen LogP contribution in [0.4, 0.5) is 4.39 Å². The zero-order chi connectivity index (χ0) is 9.97. The summed E-state index contributed by atoms with van der Waals surface area (Å²) < 4.78 is 12.5. The fourth-order valence-electron chi connectivity index (χ4n) is 2.12. The van der Waals surface area contributed by atoms with Gasteiger partial charge in [-0.1, -0.05) is 24.3 Å². The Morgan fingerprint density at radius 2 is 2.14 bits per heavy atom. The molecule has 0 radical (unpaired) electrons. The lowest BCUT2D eigenvalue weighted by molar-refractivity contribution is 0.111. The molecule has 2 atom stereocenters. The third-order valence-corrected chi connectivity index (χ3v) is 3.14. The van der Waals surface area contributed by atoms with Crippen molar-refractivity contribution >= 4 is 6.29 Å². The van der Waals surface area contributed by atoms with Gasteiger partial charge in [0.15, 0.2) is 0 Å². The Hall–Kier alpha value is -1.18. The van der Waals surface area contributed by atoms with E-state index in [9.17, 15) is 9.18 Å². The molecule has 2 rings (SSSR count). The molecular weight excluding hydrogens is 179 g/mol. The smallest absolute Gasteiger partial charge is 0.150 e. The molecular formula is C12H13FO. The monoisotopic (exact) mass is 192 g/mol. The molecule has 0 saturated heterocycles. The highest BCUT2D eigenvalue weighted by atomic mass is 19.1. The Balaban J connectivity index is 2.27. The lowest BCUT2D eigenvalue weighted by Crippen LogP contribution is -2.26. The average molecular weight is 192 g/mol. The summed E-state index contributed by atoms with van der Waals surface area (Å²) in [6.45, 7) is -0.266. The van der Waals surface area contributed by atoms with Crippen LogP contribution < -0.4 is 0 Å². The van der Waals surface area contributed by atoms with Gasteiger partial charge < -0.3 is 0 Å². The van der Waals surface area contributed by atoms with Crippen LogP contribution in [0.5, 0.6) is 0 Å². The van der Waals surface area contributed by atoms with E-state index in [1.807, 2.05) is 18.2 Å². The molecule has 1 aliphatic carbocycles. The van der Waals surface area contributed by atoms with Crippen molar-refractivity contribution in [2.45, 2.75) is 18.8 Å². The number of hydrogen-bond donors (Lipinski definition) is 0. The molecule has 1 aromatic carbocycles. The lowest BCUT2D eigenvalue weighted by atomic mass is 9.70. The first kappa shape index (κ1) is 9.38. The minimum absolute atomic E-state index is 0.135. The normalized spacial score (nSPS) is 25.5. The highest BCUT2D eigenvalue weighted by Crippen LogP contribution is 2.43. The van der Waals surface area contributed by atoms with E-state index in [4.69, 9.17) is 0 Å². The maximum Gasteiger partial charge on any atom is 0.150 e. The van der Waals surface area contributed by atoms with E-state index < -0.39 is 0 Å². The summed E-state index contributed by atoms with van der Waals surface area (Å²) in [6, 6.07) is 7.50. The summed E-state index contributed by atoms with van der Waals surface area (Å²) in [6.07, 6.45) is 2.83. The van der Waals surface area contributed by atoms with Crippen LogP contribution in [-0.4, -0.2) is 13.0 Å². The van der Waals surface area contributed by atoms with Crippen molar-refractivity contribution in [1.82, 2.24) is 0 Å². The summed E-state index contributed by atoms with van der Waals surface area (Å²) in [5, 5.41) is 0. The molecule has 2 unspecified atom stereocenters. The predicted octanol–water partition coefficient (Wildman–Crippen LogP) is 2.96. The van der Waals surface area contributed by atoms with Crippen LogP contribution in [0.2, 0.25) is 0 Å². The molecule has 0 aliphatic heterocycles. The van der Waals surface area contributed by atoms with Crippen LogP contribution in [0.3, 0.4) is 0 Å². The first-order chi connectivity index (χ1) is 6.86. The quantitative estimate of drug-likeness (QED) is 0.673. The van der Waals surface area contributed by atoms with Crippen LogP contribution in [0, 0.1) is 5.92 Å². The molecule has 1 aliphatic rings. The number of alkyl halides is 1. The minimum Gasteiger partial charge on any atom is -0.298 e. The van der Waals surface area contributed by atoms with Gasteiger partial charge >= 0.3 is 0 Å². The Labute approximate surface area is 82.9 Å². The third-order valence-electron chi connectivity index (χ3n) is 3.14. The van der Waals surface area contributed by atoms with Crippen molar-refractivity contribution in [3.05, 3.63) is 35.4 Å².